The van der Waals surface area contributed by atoms with Crippen molar-refractivity contribution in [1.82, 2.24) is 0 Å². The summed E-state index contributed by atoms with van der Waals surface area (Å²) >= 11 is 0. The third-order valence-corrected chi connectivity index (χ3v) is 2.92. The molecule has 0 bridgehead atoms. The maximum absolute atomic E-state index is 4.15. The highest BCUT2D eigenvalue weighted by molar-refractivity contribution is 5.25. The van der Waals surface area contributed by atoms with Gasteiger partial charge >= 0.3 is 0 Å². The average molecular weight is 194 g/mol. The van der Waals surface area contributed by atoms with E-state index in [9.17, 15) is 0 Å². The molecule has 0 radical (unpaired) electrons. The van der Waals surface area contributed by atoms with Gasteiger partial charge in [0.1, 0.15) is 0 Å². The van der Waals surface area contributed by atoms with E-state index in [1.54, 1.807) is 0 Å². The van der Waals surface area contributed by atoms with Gasteiger partial charge in [0.2, 0.25) is 0 Å². The Balaban J connectivity index is 4.15. The lowest BCUT2D eigenvalue weighted by atomic mass is 9.82. The molecule has 82 valence electrons. The van der Waals surface area contributed by atoms with Crippen molar-refractivity contribution < 1.29 is 0 Å². The Kier molecular flexibility index (Phi) is 6.61. The maximum atomic E-state index is 4.15. The van der Waals surface area contributed by atoms with Crippen LogP contribution in [0.15, 0.2) is 24.3 Å². The van der Waals surface area contributed by atoms with Gasteiger partial charge in [0.25, 0.3) is 0 Å². The largest absolute Gasteiger partial charge is 0.0958 e. The highest BCUT2D eigenvalue weighted by Crippen LogP contribution is 2.28. The van der Waals surface area contributed by atoms with Crippen molar-refractivity contribution in [2.24, 2.45) is 11.8 Å². The zero-order valence-electron chi connectivity index (χ0n) is 10.4. The van der Waals surface area contributed by atoms with Crippen molar-refractivity contribution in [3.05, 3.63) is 24.3 Å². The molecule has 0 amide bonds. The smallest absolute Gasteiger partial charge is 0.0142 e. The second-order valence-electron chi connectivity index (χ2n) is 4.65. The summed E-state index contributed by atoms with van der Waals surface area (Å²) in [5.41, 5.74) is 2.41. The fourth-order valence-corrected chi connectivity index (χ4v) is 1.84. The molecule has 0 fully saturated rings. The lowest BCUT2D eigenvalue weighted by Gasteiger charge is -2.23. The SMILES string of the molecule is C=C(C)C(=C)C(CCCCC)C(C)C. The van der Waals surface area contributed by atoms with Crippen LogP contribution >= 0.6 is 0 Å². The quantitative estimate of drug-likeness (QED) is 0.396. The first-order valence-electron chi connectivity index (χ1n) is 5.85. The minimum absolute atomic E-state index is 0.638. The van der Waals surface area contributed by atoms with Crippen LogP contribution < -0.4 is 0 Å². The van der Waals surface area contributed by atoms with E-state index in [2.05, 4.69) is 40.9 Å². The lowest BCUT2D eigenvalue weighted by molar-refractivity contribution is 0.402. The summed E-state index contributed by atoms with van der Waals surface area (Å²) in [6.45, 7) is 17.0. The minimum atomic E-state index is 0.638. The van der Waals surface area contributed by atoms with Gasteiger partial charge in [-0.2, -0.15) is 0 Å². The van der Waals surface area contributed by atoms with E-state index in [1.807, 2.05) is 0 Å². The van der Waals surface area contributed by atoms with Gasteiger partial charge < -0.3 is 0 Å². The van der Waals surface area contributed by atoms with Crippen molar-refractivity contribution >= 4 is 0 Å². The van der Waals surface area contributed by atoms with Crippen LogP contribution in [0.3, 0.4) is 0 Å². The first-order chi connectivity index (χ1) is 6.50. The number of unbranched alkanes of at least 4 members (excludes halogenated alkanes) is 2. The van der Waals surface area contributed by atoms with Crippen LogP contribution in [0.4, 0.5) is 0 Å². The highest BCUT2D eigenvalue weighted by atomic mass is 14.2. The third-order valence-electron chi connectivity index (χ3n) is 2.92. The molecular formula is C14H26. The lowest BCUT2D eigenvalue weighted by Crippen LogP contribution is -2.11. The zero-order chi connectivity index (χ0) is 11.1. The first kappa shape index (κ1) is 13.5. The van der Waals surface area contributed by atoms with E-state index >= 15 is 0 Å². The van der Waals surface area contributed by atoms with Crippen LogP contribution in [0, 0.1) is 11.8 Å². The summed E-state index contributed by atoms with van der Waals surface area (Å²) in [6.07, 6.45) is 5.24. The Bertz CT molecular complexity index is 186. The molecule has 0 rings (SSSR count). The molecule has 0 N–H and O–H groups in total. The fourth-order valence-electron chi connectivity index (χ4n) is 1.84. The van der Waals surface area contributed by atoms with Crippen LogP contribution in [0.2, 0.25) is 0 Å². The molecule has 0 saturated carbocycles. The van der Waals surface area contributed by atoms with Crippen LogP contribution in [-0.2, 0) is 0 Å². The predicted octanol–water partition coefficient (Wildman–Crippen LogP) is 4.97. The standard InChI is InChI=1S/C14H26/c1-7-8-9-10-14(12(4)5)13(6)11(2)3/h12,14H,2,6-10H2,1,3-5H3. The van der Waals surface area contributed by atoms with Crippen molar-refractivity contribution in [3.63, 3.8) is 0 Å². The van der Waals surface area contributed by atoms with Gasteiger partial charge in [-0.3, -0.25) is 0 Å². The summed E-state index contributed by atoms with van der Waals surface area (Å²) < 4.78 is 0. The molecule has 14 heavy (non-hydrogen) atoms. The molecule has 0 aromatic rings. The molecule has 0 nitrogen and oxygen atoms in total. The Hall–Kier alpha value is -0.520. The molecule has 0 aromatic carbocycles. The monoisotopic (exact) mass is 194 g/mol. The van der Waals surface area contributed by atoms with Gasteiger partial charge in [-0.05, 0) is 30.8 Å². The molecule has 0 heteroatoms. The van der Waals surface area contributed by atoms with Gasteiger partial charge in [0.15, 0.2) is 0 Å². The molecule has 0 heterocycles. The second kappa shape index (κ2) is 6.86. The van der Waals surface area contributed by atoms with Crippen LogP contribution in [0.5, 0.6) is 0 Å². The van der Waals surface area contributed by atoms with Gasteiger partial charge in [0, 0.05) is 0 Å². The Morgan fingerprint density at radius 3 is 2.07 bits per heavy atom. The summed E-state index contributed by atoms with van der Waals surface area (Å²) in [4.78, 5) is 0. The summed E-state index contributed by atoms with van der Waals surface area (Å²) in [5, 5.41) is 0. The molecule has 0 aliphatic heterocycles. The molecule has 1 unspecified atom stereocenters. The number of hydrogen-bond acceptors (Lipinski definition) is 0. The number of allylic oxidation sites excluding steroid dienone is 2. The van der Waals surface area contributed by atoms with E-state index in [0.29, 0.717) is 11.8 Å². The summed E-state index contributed by atoms with van der Waals surface area (Å²) in [5.74, 6) is 1.33. The van der Waals surface area contributed by atoms with Gasteiger partial charge in [-0.15, -0.1) is 0 Å². The zero-order valence-corrected chi connectivity index (χ0v) is 10.4. The molecule has 0 aromatic heterocycles. The van der Waals surface area contributed by atoms with E-state index in [4.69, 9.17) is 0 Å². The Labute approximate surface area is 90.1 Å². The van der Waals surface area contributed by atoms with Gasteiger partial charge in [-0.25, -0.2) is 0 Å². The normalized spacial score (nSPS) is 12.9. The molecule has 0 aliphatic rings. The van der Waals surface area contributed by atoms with Crippen molar-refractivity contribution in [2.75, 3.05) is 0 Å². The van der Waals surface area contributed by atoms with Gasteiger partial charge in [0.05, 0.1) is 0 Å². The van der Waals surface area contributed by atoms with Crippen molar-refractivity contribution in [1.29, 1.82) is 0 Å². The summed E-state index contributed by atoms with van der Waals surface area (Å²) in [6, 6.07) is 0. The highest BCUT2D eigenvalue weighted by Gasteiger charge is 2.16. The van der Waals surface area contributed by atoms with E-state index in [0.717, 1.165) is 5.57 Å². The Morgan fingerprint density at radius 1 is 1.14 bits per heavy atom. The fraction of sp³-hybridized carbons (Fsp3) is 0.714. The molecule has 0 spiro atoms. The predicted molar refractivity (Wildman–Crippen MR) is 66.4 cm³/mol. The van der Waals surface area contributed by atoms with E-state index < -0.39 is 0 Å². The molecular weight excluding hydrogens is 168 g/mol. The van der Waals surface area contributed by atoms with Crippen LogP contribution in [0.1, 0.15) is 53.4 Å². The maximum Gasteiger partial charge on any atom is -0.0142 e. The average Bonchev–Trinajstić information content (AvgIpc) is 2.10. The second-order valence-corrected chi connectivity index (χ2v) is 4.65. The number of hydrogen-bond donors (Lipinski definition) is 0. The van der Waals surface area contributed by atoms with Crippen molar-refractivity contribution in [2.45, 2.75) is 53.4 Å². The molecule has 0 saturated heterocycles. The number of rotatable bonds is 7. The van der Waals surface area contributed by atoms with Crippen LogP contribution in [0.25, 0.3) is 0 Å². The van der Waals surface area contributed by atoms with E-state index in [-0.39, 0.29) is 0 Å². The van der Waals surface area contributed by atoms with Crippen molar-refractivity contribution in [3.8, 4) is 0 Å². The summed E-state index contributed by atoms with van der Waals surface area (Å²) in [7, 11) is 0. The third kappa shape index (κ3) is 4.64. The minimum Gasteiger partial charge on any atom is -0.0958 e. The van der Waals surface area contributed by atoms with Crippen LogP contribution in [-0.4, -0.2) is 0 Å². The van der Waals surface area contributed by atoms with Gasteiger partial charge in [-0.1, -0.05) is 58.8 Å². The van der Waals surface area contributed by atoms with E-state index in [1.165, 1.54) is 31.3 Å². The molecule has 1 atom stereocenters. The Morgan fingerprint density at radius 2 is 1.71 bits per heavy atom. The topological polar surface area (TPSA) is 0 Å². The first-order valence-corrected chi connectivity index (χ1v) is 5.85. The molecule has 0 aliphatic carbocycles.